The van der Waals surface area contributed by atoms with Gasteiger partial charge in [-0.15, -0.1) is 0 Å². The zero-order valence-electron chi connectivity index (χ0n) is 10.9. The lowest BCUT2D eigenvalue weighted by Gasteiger charge is -2.20. The van der Waals surface area contributed by atoms with Gasteiger partial charge >= 0.3 is 5.97 Å². The summed E-state index contributed by atoms with van der Waals surface area (Å²) in [5.41, 5.74) is 2.36. The van der Waals surface area contributed by atoms with Gasteiger partial charge in [0.25, 0.3) is 0 Å². The average Bonchev–Trinajstić information content (AvgIpc) is 2.99. The summed E-state index contributed by atoms with van der Waals surface area (Å²) >= 11 is 1.88. The summed E-state index contributed by atoms with van der Waals surface area (Å²) in [4.78, 5) is 21.1. The van der Waals surface area contributed by atoms with Gasteiger partial charge in [-0.2, -0.15) is 11.8 Å². The summed E-state index contributed by atoms with van der Waals surface area (Å²) < 4.78 is 4.86. The molecule has 0 bridgehead atoms. The number of nitrogens with one attached hydrogen (secondary N) is 1. The highest BCUT2D eigenvalue weighted by Crippen LogP contribution is 2.38. The largest absolute Gasteiger partial charge is 0.464 e. The molecular formula is C13H17N3O2S. The Labute approximate surface area is 116 Å². The van der Waals surface area contributed by atoms with Gasteiger partial charge in [0.05, 0.1) is 18.1 Å². The van der Waals surface area contributed by atoms with E-state index in [0.717, 1.165) is 42.2 Å². The number of ether oxygens (including phenoxy) is 1. The third-order valence-electron chi connectivity index (χ3n) is 3.55. The van der Waals surface area contributed by atoms with E-state index in [1.54, 1.807) is 0 Å². The Bertz CT molecular complexity index is 501. The Morgan fingerprint density at radius 3 is 3.11 bits per heavy atom. The molecule has 1 fully saturated rings. The molecule has 1 N–H and O–H groups in total. The summed E-state index contributed by atoms with van der Waals surface area (Å²) in [5.74, 6) is 1.61. The lowest BCUT2D eigenvalue weighted by Crippen LogP contribution is -2.28. The van der Waals surface area contributed by atoms with Crippen LogP contribution in [0.15, 0.2) is 0 Å². The summed E-state index contributed by atoms with van der Waals surface area (Å²) in [7, 11) is 1.40. The molecular weight excluding hydrogens is 262 g/mol. The van der Waals surface area contributed by atoms with Gasteiger partial charge in [-0.1, -0.05) is 0 Å². The van der Waals surface area contributed by atoms with Crippen molar-refractivity contribution < 1.29 is 9.53 Å². The zero-order valence-corrected chi connectivity index (χ0v) is 11.8. The van der Waals surface area contributed by atoms with Crippen LogP contribution in [0.5, 0.6) is 0 Å². The van der Waals surface area contributed by atoms with Crippen LogP contribution in [-0.2, 0) is 17.7 Å². The van der Waals surface area contributed by atoms with E-state index in [0.29, 0.717) is 17.5 Å². The lowest BCUT2D eigenvalue weighted by molar-refractivity contribution is 0.0591. The second kappa shape index (κ2) is 5.46. The number of carbonyl (C=O) groups is 1. The van der Waals surface area contributed by atoms with Crippen molar-refractivity contribution in [3.8, 4) is 0 Å². The third-order valence-corrected chi connectivity index (χ3v) is 4.92. The number of esters is 1. The van der Waals surface area contributed by atoms with E-state index in [4.69, 9.17) is 9.72 Å². The minimum Gasteiger partial charge on any atom is -0.464 e. The number of rotatable bonds is 2. The molecule has 1 aromatic rings. The molecule has 5 nitrogen and oxygen atoms in total. The monoisotopic (exact) mass is 279 g/mol. The molecule has 2 aliphatic rings. The standard InChI is InChI=1S/C13H17N3O2S/c1-18-13(17)11-8-7-14-5-4-9(8)15-12(16-11)10-3-2-6-19-10/h10,14H,2-7H2,1H3. The highest BCUT2D eigenvalue weighted by Gasteiger charge is 2.27. The van der Waals surface area contributed by atoms with Crippen LogP contribution in [0.3, 0.4) is 0 Å². The zero-order chi connectivity index (χ0) is 13.2. The fourth-order valence-corrected chi connectivity index (χ4v) is 3.76. The van der Waals surface area contributed by atoms with Crippen molar-refractivity contribution in [2.45, 2.75) is 31.1 Å². The molecule has 102 valence electrons. The van der Waals surface area contributed by atoms with Crippen LogP contribution >= 0.6 is 11.8 Å². The summed E-state index contributed by atoms with van der Waals surface area (Å²) in [6.45, 7) is 1.56. The first kappa shape index (κ1) is 12.9. The maximum atomic E-state index is 11.9. The molecule has 0 radical (unpaired) electrons. The van der Waals surface area contributed by atoms with Crippen molar-refractivity contribution in [2.24, 2.45) is 0 Å². The molecule has 0 aliphatic carbocycles. The number of thioether (sulfide) groups is 1. The van der Waals surface area contributed by atoms with Gasteiger partial charge in [0.1, 0.15) is 5.82 Å². The molecule has 2 aliphatic heterocycles. The Kier molecular flexibility index (Phi) is 3.70. The van der Waals surface area contributed by atoms with Crippen molar-refractivity contribution in [1.29, 1.82) is 0 Å². The molecule has 3 heterocycles. The first-order valence-corrected chi connectivity index (χ1v) is 7.65. The normalized spacial score (nSPS) is 22.1. The maximum Gasteiger partial charge on any atom is 0.357 e. The molecule has 0 spiro atoms. The first-order valence-electron chi connectivity index (χ1n) is 6.60. The van der Waals surface area contributed by atoms with Gasteiger partial charge in [-0.25, -0.2) is 14.8 Å². The van der Waals surface area contributed by atoms with Crippen molar-refractivity contribution in [2.75, 3.05) is 19.4 Å². The fraction of sp³-hybridized carbons (Fsp3) is 0.615. The second-order valence-electron chi connectivity index (χ2n) is 4.78. The molecule has 0 aromatic carbocycles. The van der Waals surface area contributed by atoms with E-state index < -0.39 is 0 Å². The summed E-state index contributed by atoms with van der Waals surface area (Å²) in [6, 6.07) is 0. The Balaban J connectivity index is 2.04. The van der Waals surface area contributed by atoms with Crippen LogP contribution in [0.1, 0.15) is 45.7 Å². The quantitative estimate of drug-likeness (QED) is 0.827. The highest BCUT2D eigenvalue weighted by molar-refractivity contribution is 7.99. The maximum absolute atomic E-state index is 11.9. The third kappa shape index (κ3) is 2.47. The molecule has 6 heteroatoms. The van der Waals surface area contributed by atoms with E-state index in [9.17, 15) is 4.79 Å². The van der Waals surface area contributed by atoms with Crippen molar-refractivity contribution in [1.82, 2.24) is 15.3 Å². The number of methoxy groups -OCH3 is 1. The molecule has 0 saturated carbocycles. The van der Waals surface area contributed by atoms with Crippen molar-refractivity contribution >= 4 is 17.7 Å². The van der Waals surface area contributed by atoms with Gasteiger partial charge in [-0.3, -0.25) is 0 Å². The van der Waals surface area contributed by atoms with Crippen LogP contribution in [0.2, 0.25) is 0 Å². The number of aromatic nitrogens is 2. The van der Waals surface area contributed by atoms with Gasteiger partial charge < -0.3 is 10.1 Å². The molecule has 0 amide bonds. The van der Waals surface area contributed by atoms with E-state index in [1.807, 2.05) is 11.8 Å². The molecule has 1 atom stereocenters. The van der Waals surface area contributed by atoms with Gasteiger partial charge in [-0.05, 0) is 18.6 Å². The number of hydrogen-bond acceptors (Lipinski definition) is 6. The van der Waals surface area contributed by atoms with Gasteiger partial charge in [0.15, 0.2) is 5.69 Å². The predicted octanol–water partition coefficient (Wildman–Crippen LogP) is 1.48. The van der Waals surface area contributed by atoms with E-state index in [1.165, 1.54) is 13.5 Å². The van der Waals surface area contributed by atoms with Crippen LogP contribution in [0.25, 0.3) is 0 Å². The first-order chi connectivity index (χ1) is 9.29. The SMILES string of the molecule is COC(=O)c1nc(C2CCCS2)nc2c1CNCC2. The van der Waals surface area contributed by atoms with Crippen LogP contribution in [0, 0.1) is 0 Å². The van der Waals surface area contributed by atoms with Crippen molar-refractivity contribution in [3.05, 3.63) is 22.8 Å². The summed E-state index contributed by atoms with van der Waals surface area (Å²) in [5, 5.41) is 3.59. The lowest BCUT2D eigenvalue weighted by atomic mass is 10.0. The number of fused-ring (bicyclic) bond motifs is 1. The predicted molar refractivity (Wildman–Crippen MR) is 73.2 cm³/mol. The fourth-order valence-electron chi connectivity index (χ4n) is 2.55. The molecule has 1 aromatic heterocycles. The Hall–Kier alpha value is -1.14. The minimum absolute atomic E-state index is 0.337. The van der Waals surface area contributed by atoms with Crippen molar-refractivity contribution in [3.63, 3.8) is 0 Å². The van der Waals surface area contributed by atoms with E-state index in [-0.39, 0.29) is 5.97 Å². The second-order valence-corrected chi connectivity index (χ2v) is 6.09. The molecule has 19 heavy (non-hydrogen) atoms. The smallest absolute Gasteiger partial charge is 0.357 e. The molecule has 1 unspecified atom stereocenters. The topological polar surface area (TPSA) is 64.1 Å². The number of hydrogen-bond donors (Lipinski definition) is 1. The van der Waals surface area contributed by atoms with E-state index >= 15 is 0 Å². The van der Waals surface area contributed by atoms with Gasteiger partial charge in [0.2, 0.25) is 0 Å². The van der Waals surface area contributed by atoms with Crippen LogP contribution < -0.4 is 5.32 Å². The molecule has 3 rings (SSSR count). The Morgan fingerprint density at radius 2 is 2.37 bits per heavy atom. The number of nitrogens with zero attached hydrogens (tertiary/aromatic N) is 2. The summed E-state index contributed by atoms with van der Waals surface area (Å²) in [6.07, 6.45) is 3.15. The average molecular weight is 279 g/mol. The van der Waals surface area contributed by atoms with Crippen LogP contribution in [0.4, 0.5) is 0 Å². The number of carbonyl (C=O) groups excluding carboxylic acids is 1. The minimum atomic E-state index is -0.355. The van der Waals surface area contributed by atoms with E-state index in [2.05, 4.69) is 10.3 Å². The van der Waals surface area contributed by atoms with Crippen LogP contribution in [-0.4, -0.2) is 35.3 Å². The Morgan fingerprint density at radius 1 is 1.47 bits per heavy atom. The highest BCUT2D eigenvalue weighted by atomic mass is 32.2. The molecule has 1 saturated heterocycles. The van der Waals surface area contributed by atoms with Gasteiger partial charge in [0, 0.05) is 25.1 Å².